The Morgan fingerprint density at radius 2 is 2.24 bits per heavy atom. The summed E-state index contributed by atoms with van der Waals surface area (Å²) in [6, 6.07) is 3.91. The predicted octanol–water partition coefficient (Wildman–Crippen LogP) is 2.75. The van der Waals surface area contributed by atoms with E-state index in [1.165, 1.54) is 4.68 Å². The van der Waals surface area contributed by atoms with Gasteiger partial charge in [0.15, 0.2) is 0 Å². The third-order valence-corrected chi connectivity index (χ3v) is 3.53. The number of hydrogen-bond acceptors (Lipinski definition) is 4. The molecule has 0 aliphatic carbocycles. The first-order chi connectivity index (χ1) is 10.2. The van der Waals surface area contributed by atoms with Crippen molar-refractivity contribution >= 4 is 17.3 Å². The molecule has 0 bridgehead atoms. The maximum absolute atomic E-state index is 12.0. The molecule has 2 aromatic heterocycles. The summed E-state index contributed by atoms with van der Waals surface area (Å²) in [5.41, 5.74) is 1.47. The van der Waals surface area contributed by atoms with E-state index >= 15 is 0 Å². The van der Waals surface area contributed by atoms with Gasteiger partial charge in [-0.25, -0.2) is 4.68 Å². The molecular formula is C15H19ClN4O. The number of hydrogen-bond donors (Lipinski definition) is 1. The number of aromatic nitrogens is 3. The van der Waals surface area contributed by atoms with E-state index in [1.807, 2.05) is 18.3 Å². The molecule has 5 nitrogen and oxygen atoms in total. The highest BCUT2D eigenvalue weighted by molar-refractivity contribution is 6.32. The van der Waals surface area contributed by atoms with Gasteiger partial charge >= 0.3 is 0 Å². The Kier molecular flexibility index (Phi) is 5.75. The predicted molar refractivity (Wildman–Crippen MR) is 84.8 cm³/mol. The number of unbranched alkanes of at least 4 members (excludes halogenated alkanes) is 1. The average Bonchev–Trinajstić information content (AvgIpc) is 2.52. The van der Waals surface area contributed by atoms with Crippen molar-refractivity contribution in [2.24, 2.45) is 0 Å². The molecule has 0 aliphatic rings. The van der Waals surface area contributed by atoms with E-state index in [-0.39, 0.29) is 10.6 Å². The second-order valence-corrected chi connectivity index (χ2v) is 5.17. The van der Waals surface area contributed by atoms with Crippen molar-refractivity contribution in [2.45, 2.75) is 32.7 Å². The topological polar surface area (TPSA) is 59.8 Å². The van der Waals surface area contributed by atoms with Gasteiger partial charge in [-0.15, -0.1) is 0 Å². The van der Waals surface area contributed by atoms with Crippen LogP contribution in [0.15, 0.2) is 35.5 Å². The number of anilines is 1. The van der Waals surface area contributed by atoms with Crippen LogP contribution in [0.25, 0.3) is 0 Å². The van der Waals surface area contributed by atoms with Gasteiger partial charge in [-0.1, -0.05) is 31.0 Å². The van der Waals surface area contributed by atoms with Crippen molar-refractivity contribution in [3.8, 4) is 0 Å². The molecule has 0 aliphatic heterocycles. The Morgan fingerprint density at radius 1 is 1.38 bits per heavy atom. The van der Waals surface area contributed by atoms with Crippen LogP contribution in [-0.4, -0.2) is 21.3 Å². The molecular weight excluding hydrogens is 288 g/mol. The summed E-state index contributed by atoms with van der Waals surface area (Å²) in [7, 11) is 0. The number of nitrogens with one attached hydrogen (secondary N) is 1. The summed E-state index contributed by atoms with van der Waals surface area (Å²) < 4.78 is 1.41. The standard InChI is InChI=1S/C15H19ClN4O/c1-2-3-9-20-15(21)14(16)13(11-19-20)18-8-6-12-5-4-7-17-10-12/h4-5,7,10-11,18H,2-3,6,8-9H2,1H3. The third kappa shape index (κ3) is 4.29. The molecule has 0 amide bonds. The number of aryl methyl sites for hydroxylation is 1. The zero-order valence-electron chi connectivity index (χ0n) is 12.1. The first-order valence-electron chi connectivity index (χ1n) is 7.10. The molecule has 2 rings (SSSR count). The zero-order valence-corrected chi connectivity index (χ0v) is 12.8. The third-order valence-electron chi connectivity index (χ3n) is 3.16. The lowest BCUT2D eigenvalue weighted by Crippen LogP contribution is -2.24. The number of rotatable bonds is 7. The van der Waals surface area contributed by atoms with E-state index in [2.05, 4.69) is 22.3 Å². The van der Waals surface area contributed by atoms with Crippen LogP contribution in [-0.2, 0) is 13.0 Å². The summed E-state index contributed by atoms with van der Waals surface area (Å²) in [5, 5.41) is 7.50. The van der Waals surface area contributed by atoms with Crippen molar-refractivity contribution in [1.29, 1.82) is 0 Å². The van der Waals surface area contributed by atoms with E-state index in [9.17, 15) is 4.79 Å². The summed E-state index contributed by atoms with van der Waals surface area (Å²) in [4.78, 5) is 16.1. The molecule has 2 heterocycles. The molecule has 0 atom stereocenters. The van der Waals surface area contributed by atoms with Gasteiger partial charge in [-0.05, 0) is 24.5 Å². The fourth-order valence-electron chi connectivity index (χ4n) is 1.94. The highest BCUT2D eigenvalue weighted by Crippen LogP contribution is 2.15. The van der Waals surface area contributed by atoms with Crippen LogP contribution < -0.4 is 10.9 Å². The second kappa shape index (κ2) is 7.78. The first-order valence-corrected chi connectivity index (χ1v) is 7.48. The summed E-state index contributed by atoms with van der Waals surface area (Å²) in [6.07, 6.45) is 7.91. The Hall–Kier alpha value is -1.88. The van der Waals surface area contributed by atoms with Crippen LogP contribution in [0.2, 0.25) is 5.02 Å². The fraction of sp³-hybridized carbons (Fsp3) is 0.400. The normalized spacial score (nSPS) is 10.6. The quantitative estimate of drug-likeness (QED) is 0.854. The highest BCUT2D eigenvalue weighted by atomic mass is 35.5. The maximum Gasteiger partial charge on any atom is 0.287 e. The van der Waals surface area contributed by atoms with Gasteiger partial charge in [-0.3, -0.25) is 9.78 Å². The van der Waals surface area contributed by atoms with Gasteiger partial charge in [0.05, 0.1) is 11.9 Å². The molecule has 1 N–H and O–H groups in total. The minimum absolute atomic E-state index is 0.201. The highest BCUT2D eigenvalue weighted by Gasteiger charge is 2.08. The van der Waals surface area contributed by atoms with Crippen molar-refractivity contribution < 1.29 is 0 Å². The lowest BCUT2D eigenvalue weighted by Gasteiger charge is -2.10. The number of nitrogens with zero attached hydrogens (tertiary/aromatic N) is 3. The van der Waals surface area contributed by atoms with Gasteiger partial charge in [0.2, 0.25) is 0 Å². The summed E-state index contributed by atoms with van der Waals surface area (Å²) in [5.74, 6) is 0. The minimum atomic E-state index is -0.239. The van der Waals surface area contributed by atoms with E-state index < -0.39 is 0 Å². The van der Waals surface area contributed by atoms with Crippen molar-refractivity contribution in [3.63, 3.8) is 0 Å². The Balaban J connectivity index is 1.97. The lowest BCUT2D eigenvalue weighted by molar-refractivity contribution is 0.543. The van der Waals surface area contributed by atoms with Gasteiger partial charge < -0.3 is 5.32 Å². The molecule has 2 aromatic rings. The molecule has 0 spiro atoms. The molecule has 6 heteroatoms. The van der Waals surface area contributed by atoms with Gasteiger partial charge in [0, 0.05) is 25.5 Å². The van der Waals surface area contributed by atoms with Crippen LogP contribution in [0.3, 0.4) is 0 Å². The summed E-state index contributed by atoms with van der Waals surface area (Å²) >= 11 is 6.11. The van der Waals surface area contributed by atoms with Gasteiger partial charge in [0.25, 0.3) is 5.56 Å². The van der Waals surface area contributed by atoms with Crippen LogP contribution in [0.4, 0.5) is 5.69 Å². The van der Waals surface area contributed by atoms with Crippen LogP contribution >= 0.6 is 11.6 Å². The molecule has 0 saturated carbocycles. The van der Waals surface area contributed by atoms with Crippen molar-refractivity contribution in [3.05, 3.63) is 51.7 Å². The Labute approximate surface area is 129 Å². The second-order valence-electron chi connectivity index (χ2n) is 4.79. The van der Waals surface area contributed by atoms with E-state index in [4.69, 9.17) is 11.6 Å². The van der Waals surface area contributed by atoms with Crippen molar-refractivity contribution in [1.82, 2.24) is 14.8 Å². The minimum Gasteiger partial charge on any atom is -0.382 e. The molecule has 112 valence electrons. The monoisotopic (exact) mass is 306 g/mol. The fourth-order valence-corrected chi connectivity index (χ4v) is 2.16. The van der Waals surface area contributed by atoms with Gasteiger partial charge in [-0.2, -0.15) is 5.10 Å². The Morgan fingerprint density at radius 3 is 2.95 bits per heavy atom. The molecule has 0 radical (unpaired) electrons. The first kappa shape index (κ1) is 15.5. The Bertz CT molecular complexity index is 627. The van der Waals surface area contributed by atoms with E-state index in [1.54, 1.807) is 12.4 Å². The van der Waals surface area contributed by atoms with Crippen LogP contribution in [0.5, 0.6) is 0 Å². The molecule has 21 heavy (non-hydrogen) atoms. The number of pyridine rings is 1. The molecule has 0 saturated heterocycles. The SMILES string of the molecule is CCCCn1ncc(NCCc2cccnc2)c(Cl)c1=O. The smallest absolute Gasteiger partial charge is 0.287 e. The average molecular weight is 307 g/mol. The molecule has 0 aromatic carbocycles. The van der Waals surface area contributed by atoms with E-state index in [0.717, 1.165) is 24.8 Å². The van der Waals surface area contributed by atoms with Crippen LogP contribution in [0.1, 0.15) is 25.3 Å². The van der Waals surface area contributed by atoms with Crippen molar-refractivity contribution in [2.75, 3.05) is 11.9 Å². The van der Waals surface area contributed by atoms with Crippen LogP contribution in [0, 0.1) is 0 Å². The zero-order chi connectivity index (χ0) is 15.1. The van der Waals surface area contributed by atoms with E-state index in [0.29, 0.717) is 18.8 Å². The summed E-state index contributed by atoms with van der Waals surface area (Å²) in [6.45, 7) is 3.34. The molecule has 0 fully saturated rings. The van der Waals surface area contributed by atoms with Gasteiger partial charge in [0.1, 0.15) is 5.02 Å². The maximum atomic E-state index is 12.0. The number of halogens is 1. The lowest BCUT2D eigenvalue weighted by atomic mass is 10.2. The largest absolute Gasteiger partial charge is 0.382 e. The molecule has 0 unspecified atom stereocenters.